The van der Waals surface area contributed by atoms with Crippen molar-refractivity contribution in [1.29, 1.82) is 0 Å². The van der Waals surface area contributed by atoms with Gasteiger partial charge in [-0.15, -0.1) is 0 Å². The molecule has 3 aromatic rings. The van der Waals surface area contributed by atoms with Crippen molar-refractivity contribution in [2.45, 2.75) is 6.61 Å². The van der Waals surface area contributed by atoms with Crippen LogP contribution in [0.15, 0.2) is 84.0 Å². The Balaban J connectivity index is 1.46. The van der Waals surface area contributed by atoms with E-state index in [4.69, 9.17) is 4.74 Å². The second kappa shape index (κ2) is 9.80. The largest absolute Gasteiger partial charge is 0.489 e. The van der Waals surface area contributed by atoms with Gasteiger partial charge >= 0.3 is 11.8 Å². The first kappa shape index (κ1) is 19.8. The van der Waals surface area contributed by atoms with Gasteiger partial charge in [-0.25, -0.2) is 9.82 Å². The van der Waals surface area contributed by atoms with Crippen LogP contribution in [-0.2, 0) is 16.2 Å². The molecule has 3 aromatic carbocycles. The van der Waals surface area contributed by atoms with Crippen LogP contribution in [-0.4, -0.2) is 18.0 Å². The van der Waals surface area contributed by atoms with Gasteiger partial charge in [0.2, 0.25) is 0 Å². The summed E-state index contributed by atoms with van der Waals surface area (Å²) in [7, 11) is 0. The summed E-state index contributed by atoms with van der Waals surface area (Å²) in [5, 5.41) is 6.10. The van der Waals surface area contributed by atoms with Crippen LogP contribution >= 0.6 is 0 Å². The highest BCUT2D eigenvalue weighted by atomic mass is 19.1. The molecular weight excluding hydrogens is 373 g/mol. The molecule has 0 radical (unpaired) electrons. The van der Waals surface area contributed by atoms with Crippen molar-refractivity contribution in [1.82, 2.24) is 5.43 Å². The highest BCUT2D eigenvalue weighted by molar-refractivity contribution is 6.39. The predicted octanol–water partition coefficient (Wildman–Crippen LogP) is 3.49. The van der Waals surface area contributed by atoms with Crippen LogP contribution in [0.2, 0.25) is 0 Å². The first-order valence-corrected chi connectivity index (χ1v) is 8.77. The van der Waals surface area contributed by atoms with Crippen molar-refractivity contribution in [3.8, 4) is 5.75 Å². The molecule has 0 bridgehead atoms. The number of halogens is 1. The fraction of sp³-hybridized carbons (Fsp3) is 0.0455. The topological polar surface area (TPSA) is 79.8 Å². The van der Waals surface area contributed by atoms with Gasteiger partial charge in [0.15, 0.2) is 0 Å². The third kappa shape index (κ3) is 6.28. The lowest BCUT2D eigenvalue weighted by molar-refractivity contribution is -0.136. The molecule has 0 unspecified atom stereocenters. The smallest absolute Gasteiger partial charge is 0.329 e. The quantitative estimate of drug-likeness (QED) is 0.383. The van der Waals surface area contributed by atoms with E-state index in [9.17, 15) is 14.0 Å². The minimum Gasteiger partial charge on any atom is -0.489 e. The molecule has 0 atom stereocenters. The molecule has 3 rings (SSSR count). The molecule has 2 N–H and O–H groups in total. The van der Waals surface area contributed by atoms with Gasteiger partial charge in [0.1, 0.15) is 18.2 Å². The minimum atomic E-state index is -0.937. The van der Waals surface area contributed by atoms with Crippen LogP contribution < -0.4 is 15.5 Å². The number of benzene rings is 3. The maximum Gasteiger partial charge on any atom is 0.329 e. The summed E-state index contributed by atoms with van der Waals surface area (Å²) in [6.07, 6.45) is 1.41. The van der Waals surface area contributed by atoms with Gasteiger partial charge in [0, 0.05) is 5.69 Å². The molecule has 6 nitrogen and oxygen atoms in total. The number of rotatable bonds is 6. The average molecular weight is 391 g/mol. The third-order valence-electron chi connectivity index (χ3n) is 3.82. The fourth-order valence-corrected chi connectivity index (χ4v) is 2.33. The third-order valence-corrected chi connectivity index (χ3v) is 3.82. The lowest BCUT2D eigenvalue weighted by Gasteiger charge is -2.06. The van der Waals surface area contributed by atoms with Crippen LogP contribution in [0.3, 0.4) is 0 Å². The highest BCUT2D eigenvalue weighted by Gasteiger charge is 2.12. The van der Waals surface area contributed by atoms with E-state index in [0.717, 1.165) is 11.1 Å². The van der Waals surface area contributed by atoms with E-state index in [1.165, 1.54) is 30.5 Å². The Hall–Kier alpha value is -4.00. The zero-order chi connectivity index (χ0) is 20.5. The molecular formula is C22H18FN3O3. The molecule has 29 heavy (non-hydrogen) atoms. The molecule has 0 heterocycles. The number of anilines is 1. The maximum atomic E-state index is 12.8. The normalized spacial score (nSPS) is 10.5. The maximum absolute atomic E-state index is 12.8. The molecule has 0 aliphatic heterocycles. The van der Waals surface area contributed by atoms with Crippen molar-refractivity contribution in [3.63, 3.8) is 0 Å². The molecule has 146 valence electrons. The summed E-state index contributed by atoms with van der Waals surface area (Å²) >= 11 is 0. The Morgan fingerprint density at radius 2 is 1.59 bits per heavy atom. The number of nitrogens with zero attached hydrogens (tertiary/aromatic N) is 1. The van der Waals surface area contributed by atoms with Gasteiger partial charge in [-0.2, -0.15) is 5.10 Å². The summed E-state index contributed by atoms with van der Waals surface area (Å²) < 4.78 is 18.5. The number of hydrazone groups is 1. The molecule has 2 amide bonds. The van der Waals surface area contributed by atoms with E-state index in [0.29, 0.717) is 18.0 Å². The van der Waals surface area contributed by atoms with Crippen molar-refractivity contribution in [2.75, 3.05) is 5.32 Å². The lowest BCUT2D eigenvalue weighted by Crippen LogP contribution is -2.32. The number of nitrogens with one attached hydrogen (secondary N) is 2. The molecule has 0 saturated heterocycles. The average Bonchev–Trinajstić information content (AvgIpc) is 2.75. The zero-order valence-corrected chi connectivity index (χ0v) is 15.3. The van der Waals surface area contributed by atoms with Crippen LogP contribution in [0.5, 0.6) is 5.75 Å². The molecule has 0 fully saturated rings. The van der Waals surface area contributed by atoms with Crippen molar-refractivity contribution in [3.05, 3.63) is 95.8 Å². The SMILES string of the molecule is O=C(NN=Cc1ccc(OCc2ccccc2)cc1)C(=O)Nc1ccc(F)cc1. The number of ether oxygens (including phenoxy) is 1. The van der Waals surface area contributed by atoms with E-state index < -0.39 is 17.6 Å². The molecule has 0 aromatic heterocycles. The van der Waals surface area contributed by atoms with Crippen LogP contribution in [0.4, 0.5) is 10.1 Å². The number of amides is 2. The van der Waals surface area contributed by atoms with Gasteiger partial charge in [0.25, 0.3) is 0 Å². The van der Waals surface area contributed by atoms with Crippen LogP contribution in [0.1, 0.15) is 11.1 Å². The second-order valence-corrected chi connectivity index (χ2v) is 6.00. The van der Waals surface area contributed by atoms with E-state index in [1.807, 2.05) is 30.3 Å². The number of carbonyl (C=O) groups excluding carboxylic acids is 2. The van der Waals surface area contributed by atoms with Crippen molar-refractivity contribution < 1.29 is 18.7 Å². The Morgan fingerprint density at radius 3 is 2.28 bits per heavy atom. The molecule has 0 spiro atoms. The standard InChI is InChI=1S/C22H18FN3O3/c23-18-8-10-19(11-9-18)25-21(27)22(28)26-24-14-16-6-12-20(13-7-16)29-15-17-4-2-1-3-5-17/h1-14H,15H2,(H,25,27)(H,26,28). The van der Waals surface area contributed by atoms with Gasteiger partial charge in [-0.1, -0.05) is 30.3 Å². The summed E-state index contributed by atoms with van der Waals surface area (Å²) in [6, 6.07) is 22.0. The molecule has 0 saturated carbocycles. The van der Waals surface area contributed by atoms with Crippen molar-refractivity contribution >= 4 is 23.7 Å². The summed E-state index contributed by atoms with van der Waals surface area (Å²) in [5.41, 5.74) is 4.23. The second-order valence-electron chi connectivity index (χ2n) is 6.00. The van der Waals surface area contributed by atoms with Gasteiger partial charge < -0.3 is 10.1 Å². The number of hydrogen-bond donors (Lipinski definition) is 2. The summed E-state index contributed by atoms with van der Waals surface area (Å²) in [6.45, 7) is 0.466. The van der Waals surface area contributed by atoms with Gasteiger partial charge in [-0.05, 0) is 59.7 Å². The lowest BCUT2D eigenvalue weighted by atomic mass is 10.2. The Labute approximate surface area is 167 Å². The summed E-state index contributed by atoms with van der Waals surface area (Å²) in [5.74, 6) is -1.57. The molecule has 0 aliphatic carbocycles. The number of carbonyl (C=O) groups is 2. The Bertz CT molecular complexity index is 988. The van der Waals surface area contributed by atoms with Gasteiger partial charge in [0.05, 0.1) is 6.21 Å². The molecule has 0 aliphatic rings. The first-order valence-electron chi connectivity index (χ1n) is 8.77. The van der Waals surface area contributed by atoms with E-state index in [2.05, 4.69) is 15.8 Å². The fourth-order valence-electron chi connectivity index (χ4n) is 2.33. The van der Waals surface area contributed by atoms with E-state index in [1.54, 1.807) is 24.3 Å². The summed E-state index contributed by atoms with van der Waals surface area (Å²) in [4.78, 5) is 23.5. The number of hydrogen-bond acceptors (Lipinski definition) is 4. The minimum absolute atomic E-state index is 0.307. The van der Waals surface area contributed by atoms with Crippen LogP contribution in [0, 0.1) is 5.82 Å². The Morgan fingerprint density at radius 1 is 0.897 bits per heavy atom. The predicted molar refractivity (Wildman–Crippen MR) is 108 cm³/mol. The first-order chi connectivity index (χ1) is 14.1. The molecule has 7 heteroatoms. The highest BCUT2D eigenvalue weighted by Crippen LogP contribution is 2.13. The van der Waals surface area contributed by atoms with Crippen LogP contribution in [0.25, 0.3) is 0 Å². The van der Waals surface area contributed by atoms with Crippen molar-refractivity contribution in [2.24, 2.45) is 5.10 Å². The van der Waals surface area contributed by atoms with E-state index in [-0.39, 0.29) is 0 Å². The Kier molecular flexibility index (Phi) is 6.67. The van der Waals surface area contributed by atoms with E-state index >= 15 is 0 Å². The monoisotopic (exact) mass is 391 g/mol. The zero-order valence-electron chi connectivity index (χ0n) is 15.3. The van der Waals surface area contributed by atoms with Gasteiger partial charge in [-0.3, -0.25) is 9.59 Å².